The van der Waals surface area contributed by atoms with E-state index in [1.165, 1.54) is 7.11 Å². The SMILES string of the molecule is CCC(C)OC(=O)C(C)OC. The Hall–Kier alpha value is -0.570. The molecule has 0 aliphatic carbocycles. The molecule has 66 valence electrons. The second-order valence-corrected chi connectivity index (χ2v) is 2.53. The maximum atomic E-state index is 11.0. The topological polar surface area (TPSA) is 35.5 Å². The molecule has 0 aromatic rings. The van der Waals surface area contributed by atoms with E-state index >= 15 is 0 Å². The summed E-state index contributed by atoms with van der Waals surface area (Å²) in [6, 6.07) is 0. The Labute approximate surface area is 67.7 Å². The number of methoxy groups -OCH3 is 1. The molecule has 0 N–H and O–H groups in total. The Morgan fingerprint density at radius 2 is 2.00 bits per heavy atom. The second-order valence-electron chi connectivity index (χ2n) is 2.53. The average molecular weight is 160 g/mol. The van der Waals surface area contributed by atoms with Gasteiger partial charge in [-0.25, -0.2) is 4.79 Å². The van der Waals surface area contributed by atoms with Crippen LogP contribution in [0.5, 0.6) is 0 Å². The predicted octanol–water partition coefficient (Wildman–Crippen LogP) is 1.36. The number of hydrogen-bond donors (Lipinski definition) is 0. The highest BCUT2D eigenvalue weighted by atomic mass is 16.6. The highest BCUT2D eigenvalue weighted by Crippen LogP contribution is 2.00. The normalized spacial score (nSPS) is 15.6. The van der Waals surface area contributed by atoms with Gasteiger partial charge in [0.25, 0.3) is 0 Å². The van der Waals surface area contributed by atoms with Gasteiger partial charge in [0.2, 0.25) is 0 Å². The van der Waals surface area contributed by atoms with E-state index in [2.05, 4.69) is 0 Å². The fourth-order valence-electron chi connectivity index (χ4n) is 0.474. The fraction of sp³-hybridized carbons (Fsp3) is 0.875. The number of ether oxygens (including phenoxy) is 2. The third-order valence-electron chi connectivity index (χ3n) is 1.58. The number of carbonyl (C=O) groups is 1. The zero-order chi connectivity index (χ0) is 8.85. The average Bonchev–Trinajstić information content (AvgIpc) is 2.02. The summed E-state index contributed by atoms with van der Waals surface area (Å²) in [5, 5.41) is 0. The lowest BCUT2D eigenvalue weighted by atomic mass is 10.3. The number of esters is 1. The molecular weight excluding hydrogens is 144 g/mol. The first-order chi connectivity index (χ1) is 5.11. The molecule has 0 aromatic carbocycles. The molecular formula is C8H16O3. The molecule has 0 amide bonds. The van der Waals surface area contributed by atoms with Crippen LogP contribution < -0.4 is 0 Å². The van der Waals surface area contributed by atoms with Gasteiger partial charge in [-0.15, -0.1) is 0 Å². The van der Waals surface area contributed by atoms with Crippen LogP contribution >= 0.6 is 0 Å². The summed E-state index contributed by atoms with van der Waals surface area (Å²) in [5.41, 5.74) is 0. The van der Waals surface area contributed by atoms with Gasteiger partial charge in [-0.05, 0) is 20.3 Å². The summed E-state index contributed by atoms with van der Waals surface area (Å²) in [5.74, 6) is -0.290. The van der Waals surface area contributed by atoms with Crippen LogP contribution in [0.3, 0.4) is 0 Å². The van der Waals surface area contributed by atoms with Crippen molar-refractivity contribution in [3.63, 3.8) is 0 Å². The minimum Gasteiger partial charge on any atom is -0.461 e. The van der Waals surface area contributed by atoms with Crippen molar-refractivity contribution in [2.75, 3.05) is 7.11 Å². The lowest BCUT2D eigenvalue weighted by Gasteiger charge is -2.13. The van der Waals surface area contributed by atoms with Crippen molar-refractivity contribution in [2.24, 2.45) is 0 Å². The Morgan fingerprint density at radius 1 is 1.45 bits per heavy atom. The van der Waals surface area contributed by atoms with E-state index in [0.717, 1.165) is 6.42 Å². The molecule has 0 saturated heterocycles. The van der Waals surface area contributed by atoms with Crippen molar-refractivity contribution in [1.29, 1.82) is 0 Å². The van der Waals surface area contributed by atoms with Gasteiger partial charge in [-0.3, -0.25) is 0 Å². The van der Waals surface area contributed by atoms with E-state index in [-0.39, 0.29) is 12.1 Å². The van der Waals surface area contributed by atoms with E-state index in [0.29, 0.717) is 0 Å². The van der Waals surface area contributed by atoms with E-state index in [9.17, 15) is 4.79 Å². The minimum absolute atomic E-state index is 0.0138. The quantitative estimate of drug-likeness (QED) is 0.582. The predicted molar refractivity (Wildman–Crippen MR) is 42.3 cm³/mol. The van der Waals surface area contributed by atoms with Gasteiger partial charge in [0, 0.05) is 7.11 Å². The number of carbonyl (C=O) groups excluding carboxylic acids is 1. The lowest BCUT2D eigenvalue weighted by molar-refractivity contribution is -0.159. The maximum Gasteiger partial charge on any atom is 0.335 e. The number of hydrogen-bond acceptors (Lipinski definition) is 3. The Morgan fingerprint density at radius 3 is 2.36 bits per heavy atom. The van der Waals surface area contributed by atoms with Gasteiger partial charge < -0.3 is 9.47 Å². The molecule has 3 heteroatoms. The summed E-state index contributed by atoms with van der Waals surface area (Å²) in [7, 11) is 1.49. The monoisotopic (exact) mass is 160 g/mol. The van der Waals surface area contributed by atoms with E-state index in [1.807, 2.05) is 13.8 Å². The van der Waals surface area contributed by atoms with Crippen LogP contribution in [0.1, 0.15) is 27.2 Å². The zero-order valence-corrected chi connectivity index (χ0v) is 7.59. The molecule has 0 aromatic heterocycles. The summed E-state index contributed by atoms with van der Waals surface area (Å²) < 4.78 is 9.77. The summed E-state index contributed by atoms with van der Waals surface area (Å²) in [6.45, 7) is 5.50. The van der Waals surface area contributed by atoms with Crippen molar-refractivity contribution >= 4 is 5.97 Å². The zero-order valence-electron chi connectivity index (χ0n) is 7.59. The van der Waals surface area contributed by atoms with Gasteiger partial charge in [0.05, 0.1) is 6.10 Å². The molecule has 2 unspecified atom stereocenters. The first kappa shape index (κ1) is 10.4. The van der Waals surface area contributed by atoms with Crippen LogP contribution in [0, 0.1) is 0 Å². The molecule has 0 saturated carbocycles. The van der Waals surface area contributed by atoms with E-state index < -0.39 is 6.10 Å². The van der Waals surface area contributed by atoms with Crippen molar-refractivity contribution in [3.8, 4) is 0 Å². The first-order valence-corrected chi connectivity index (χ1v) is 3.85. The van der Waals surface area contributed by atoms with Crippen LogP contribution in [0.15, 0.2) is 0 Å². The minimum atomic E-state index is -0.455. The van der Waals surface area contributed by atoms with Crippen molar-refractivity contribution in [3.05, 3.63) is 0 Å². The summed E-state index contributed by atoms with van der Waals surface area (Å²) in [6.07, 6.45) is 0.367. The van der Waals surface area contributed by atoms with Crippen LogP contribution in [-0.4, -0.2) is 25.3 Å². The lowest BCUT2D eigenvalue weighted by Crippen LogP contribution is -2.25. The smallest absolute Gasteiger partial charge is 0.335 e. The van der Waals surface area contributed by atoms with Crippen molar-refractivity contribution in [1.82, 2.24) is 0 Å². The molecule has 0 bridgehead atoms. The summed E-state index contributed by atoms with van der Waals surface area (Å²) in [4.78, 5) is 11.0. The van der Waals surface area contributed by atoms with Crippen LogP contribution in [0.25, 0.3) is 0 Å². The van der Waals surface area contributed by atoms with Gasteiger partial charge in [-0.1, -0.05) is 6.92 Å². The standard InChI is InChI=1S/C8H16O3/c1-5-6(2)11-8(9)7(3)10-4/h6-7H,5H2,1-4H3. The first-order valence-electron chi connectivity index (χ1n) is 3.85. The maximum absolute atomic E-state index is 11.0. The molecule has 0 heterocycles. The molecule has 0 spiro atoms. The Balaban J connectivity index is 3.68. The van der Waals surface area contributed by atoms with Gasteiger partial charge in [0.15, 0.2) is 6.10 Å². The van der Waals surface area contributed by atoms with Crippen LogP contribution in [0.4, 0.5) is 0 Å². The molecule has 11 heavy (non-hydrogen) atoms. The molecule has 0 fully saturated rings. The highest BCUT2D eigenvalue weighted by Gasteiger charge is 2.14. The largest absolute Gasteiger partial charge is 0.461 e. The molecule has 3 nitrogen and oxygen atoms in total. The second kappa shape index (κ2) is 5.13. The fourth-order valence-corrected chi connectivity index (χ4v) is 0.474. The van der Waals surface area contributed by atoms with Gasteiger partial charge in [-0.2, -0.15) is 0 Å². The van der Waals surface area contributed by atoms with E-state index in [4.69, 9.17) is 9.47 Å². The Bertz CT molecular complexity index is 123. The third kappa shape index (κ3) is 3.98. The van der Waals surface area contributed by atoms with Gasteiger partial charge >= 0.3 is 5.97 Å². The van der Waals surface area contributed by atoms with Crippen molar-refractivity contribution < 1.29 is 14.3 Å². The molecule has 2 atom stereocenters. The van der Waals surface area contributed by atoms with E-state index in [1.54, 1.807) is 6.92 Å². The summed E-state index contributed by atoms with van der Waals surface area (Å²) >= 11 is 0. The van der Waals surface area contributed by atoms with Crippen LogP contribution in [0.2, 0.25) is 0 Å². The Kier molecular flexibility index (Phi) is 4.86. The van der Waals surface area contributed by atoms with Crippen LogP contribution in [-0.2, 0) is 14.3 Å². The molecule has 0 aliphatic rings. The molecule has 0 aliphatic heterocycles. The van der Waals surface area contributed by atoms with Crippen molar-refractivity contribution in [2.45, 2.75) is 39.4 Å². The van der Waals surface area contributed by atoms with Gasteiger partial charge in [0.1, 0.15) is 0 Å². The third-order valence-corrected chi connectivity index (χ3v) is 1.58. The highest BCUT2D eigenvalue weighted by molar-refractivity contribution is 5.74. The molecule has 0 rings (SSSR count). The molecule has 0 radical (unpaired) electrons. The number of rotatable bonds is 4.